The first-order valence-corrected chi connectivity index (χ1v) is 5.83. The second kappa shape index (κ2) is 3.34. The lowest BCUT2D eigenvalue weighted by atomic mass is 9.96. The van der Waals surface area contributed by atoms with Gasteiger partial charge in [-0.3, -0.25) is 0 Å². The molecule has 2 aromatic rings. The fourth-order valence-corrected chi connectivity index (χ4v) is 2.08. The summed E-state index contributed by atoms with van der Waals surface area (Å²) in [4.78, 5) is 4.64. The predicted octanol–water partition coefficient (Wildman–Crippen LogP) is 3.70. The summed E-state index contributed by atoms with van der Waals surface area (Å²) in [7, 11) is 0. The highest BCUT2D eigenvalue weighted by molar-refractivity contribution is 9.10. The van der Waals surface area contributed by atoms with Crippen LogP contribution >= 0.6 is 15.9 Å². The Morgan fingerprint density at radius 3 is 2.53 bits per heavy atom. The van der Waals surface area contributed by atoms with E-state index in [1.807, 2.05) is 0 Å². The lowest BCUT2D eigenvalue weighted by molar-refractivity contribution is 0.542. The summed E-state index contributed by atoms with van der Waals surface area (Å²) >= 11 is 3.49. The molecule has 0 saturated carbocycles. The molecule has 2 aromatic heterocycles. The number of hydrogen-bond donors (Lipinski definition) is 0. The van der Waals surface area contributed by atoms with Crippen LogP contribution in [0.2, 0.25) is 0 Å². The maximum Gasteiger partial charge on any atom is 0.118 e. The Bertz CT molecular complexity index is 506. The predicted molar refractivity (Wildman–Crippen MR) is 66.3 cm³/mol. The third-order valence-electron chi connectivity index (χ3n) is 2.46. The van der Waals surface area contributed by atoms with E-state index in [0.29, 0.717) is 0 Å². The van der Waals surface area contributed by atoms with E-state index < -0.39 is 0 Å². The minimum absolute atomic E-state index is 0.0674. The SMILES string of the molecule is Cc1nc(C(C)(C)C)n2cc(Br)ccc12. The minimum atomic E-state index is 0.0674. The zero-order chi connectivity index (χ0) is 11.2. The molecule has 0 radical (unpaired) electrons. The molecule has 0 aromatic carbocycles. The largest absolute Gasteiger partial charge is 0.302 e. The average Bonchev–Trinajstić information content (AvgIpc) is 2.42. The average molecular weight is 267 g/mol. The summed E-state index contributed by atoms with van der Waals surface area (Å²) in [5, 5.41) is 0. The first-order chi connectivity index (χ1) is 6.89. The Kier molecular flexibility index (Phi) is 2.38. The molecule has 0 aliphatic carbocycles. The van der Waals surface area contributed by atoms with Crippen molar-refractivity contribution >= 4 is 21.4 Å². The number of aromatic nitrogens is 2. The molecule has 0 amide bonds. The minimum Gasteiger partial charge on any atom is -0.302 e. The van der Waals surface area contributed by atoms with Gasteiger partial charge in [-0.05, 0) is 35.0 Å². The van der Waals surface area contributed by atoms with Crippen LogP contribution in [-0.2, 0) is 5.41 Å². The van der Waals surface area contributed by atoms with E-state index in [2.05, 4.69) is 71.3 Å². The van der Waals surface area contributed by atoms with Crippen LogP contribution in [0.3, 0.4) is 0 Å². The van der Waals surface area contributed by atoms with Crippen LogP contribution in [0.5, 0.6) is 0 Å². The van der Waals surface area contributed by atoms with Crippen molar-refractivity contribution in [3.8, 4) is 0 Å². The maximum absolute atomic E-state index is 4.64. The summed E-state index contributed by atoms with van der Waals surface area (Å²) in [6.07, 6.45) is 2.08. The Morgan fingerprint density at radius 1 is 1.27 bits per heavy atom. The van der Waals surface area contributed by atoms with Crippen molar-refractivity contribution < 1.29 is 0 Å². The maximum atomic E-state index is 4.64. The third kappa shape index (κ3) is 1.81. The molecule has 15 heavy (non-hydrogen) atoms. The normalized spacial score (nSPS) is 12.3. The van der Waals surface area contributed by atoms with Crippen LogP contribution in [-0.4, -0.2) is 9.38 Å². The van der Waals surface area contributed by atoms with E-state index in [1.165, 1.54) is 5.52 Å². The molecule has 3 heteroatoms. The van der Waals surface area contributed by atoms with Crippen LogP contribution in [0.4, 0.5) is 0 Å². The third-order valence-corrected chi connectivity index (χ3v) is 2.92. The summed E-state index contributed by atoms with van der Waals surface area (Å²) in [6.45, 7) is 8.60. The Balaban J connectivity index is 2.81. The zero-order valence-electron chi connectivity index (χ0n) is 9.50. The standard InChI is InChI=1S/C12H15BrN2/c1-8-10-6-5-9(13)7-15(10)11(14-8)12(2,3)4/h5-7H,1-4H3. The fourth-order valence-electron chi connectivity index (χ4n) is 1.74. The molecule has 0 aliphatic rings. The smallest absolute Gasteiger partial charge is 0.118 e. The monoisotopic (exact) mass is 266 g/mol. The molecule has 0 N–H and O–H groups in total. The van der Waals surface area contributed by atoms with Gasteiger partial charge in [-0.25, -0.2) is 4.98 Å². The van der Waals surface area contributed by atoms with Gasteiger partial charge in [-0.2, -0.15) is 0 Å². The number of fused-ring (bicyclic) bond motifs is 1. The number of nitrogens with zero attached hydrogens (tertiary/aromatic N) is 2. The van der Waals surface area contributed by atoms with E-state index in [-0.39, 0.29) is 5.41 Å². The molecule has 2 rings (SSSR count). The molecule has 0 spiro atoms. The van der Waals surface area contributed by atoms with Crippen LogP contribution in [0, 0.1) is 6.92 Å². The van der Waals surface area contributed by atoms with Crippen LogP contribution in [0.25, 0.3) is 5.52 Å². The molecule has 0 atom stereocenters. The van der Waals surface area contributed by atoms with Crippen LogP contribution < -0.4 is 0 Å². The molecule has 0 unspecified atom stereocenters. The highest BCUT2D eigenvalue weighted by Gasteiger charge is 2.21. The fraction of sp³-hybridized carbons (Fsp3) is 0.417. The number of pyridine rings is 1. The van der Waals surface area contributed by atoms with Gasteiger partial charge in [0, 0.05) is 16.1 Å². The Labute approximate surface area is 98.5 Å². The molecule has 0 aliphatic heterocycles. The number of imidazole rings is 1. The number of rotatable bonds is 0. The van der Waals surface area contributed by atoms with E-state index in [4.69, 9.17) is 0 Å². The number of aryl methyl sites for hydroxylation is 1. The Hall–Kier alpha value is -0.830. The van der Waals surface area contributed by atoms with Gasteiger partial charge in [0.2, 0.25) is 0 Å². The second-order valence-electron chi connectivity index (χ2n) is 4.87. The highest BCUT2D eigenvalue weighted by atomic mass is 79.9. The topological polar surface area (TPSA) is 17.3 Å². The molecule has 80 valence electrons. The molecule has 2 nitrogen and oxygen atoms in total. The van der Waals surface area contributed by atoms with Crippen molar-refractivity contribution in [3.63, 3.8) is 0 Å². The molecular formula is C12H15BrN2. The highest BCUT2D eigenvalue weighted by Crippen LogP contribution is 2.25. The summed E-state index contributed by atoms with van der Waals surface area (Å²) < 4.78 is 3.25. The molecule has 0 saturated heterocycles. The zero-order valence-corrected chi connectivity index (χ0v) is 11.1. The van der Waals surface area contributed by atoms with Gasteiger partial charge in [0.05, 0.1) is 11.2 Å². The van der Waals surface area contributed by atoms with Crippen LogP contribution in [0.15, 0.2) is 22.8 Å². The lowest BCUT2D eigenvalue weighted by Crippen LogP contribution is -2.15. The van der Waals surface area contributed by atoms with Crippen molar-refractivity contribution in [1.29, 1.82) is 0 Å². The van der Waals surface area contributed by atoms with Gasteiger partial charge >= 0.3 is 0 Å². The van der Waals surface area contributed by atoms with Gasteiger partial charge in [0.1, 0.15) is 5.82 Å². The van der Waals surface area contributed by atoms with Crippen molar-refractivity contribution in [2.45, 2.75) is 33.1 Å². The molecule has 0 fully saturated rings. The van der Waals surface area contributed by atoms with E-state index in [9.17, 15) is 0 Å². The van der Waals surface area contributed by atoms with E-state index >= 15 is 0 Å². The van der Waals surface area contributed by atoms with E-state index in [0.717, 1.165) is 16.0 Å². The first kappa shape index (κ1) is 10.7. The van der Waals surface area contributed by atoms with Crippen molar-refractivity contribution in [2.75, 3.05) is 0 Å². The summed E-state index contributed by atoms with van der Waals surface area (Å²) in [5.74, 6) is 1.11. The molecule has 2 heterocycles. The first-order valence-electron chi connectivity index (χ1n) is 5.04. The quantitative estimate of drug-likeness (QED) is 0.711. The Morgan fingerprint density at radius 2 is 1.93 bits per heavy atom. The van der Waals surface area contributed by atoms with Crippen molar-refractivity contribution in [3.05, 3.63) is 34.3 Å². The van der Waals surface area contributed by atoms with Gasteiger partial charge < -0.3 is 4.40 Å². The van der Waals surface area contributed by atoms with Gasteiger partial charge in [0.15, 0.2) is 0 Å². The molecular weight excluding hydrogens is 252 g/mol. The lowest BCUT2D eigenvalue weighted by Gasteiger charge is -2.16. The second-order valence-corrected chi connectivity index (χ2v) is 5.79. The molecule has 0 bridgehead atoms. The van der Waals surface area contributed by atoms with Gasteiger partial charge in [-0.15, -0.1) is 0 Å². The number of halogens is 1. The van der Waals surface area contributed by atoms with Gasteiger partial charge in [0.25, 0.3) is 0 Å². The van der Waals surface area contributed by atoms with Crippen LogP contribution in [0.1, 0.15) is 32.3 Å². The van der Waals surface area contributed by atoms with E-state index in [1.54, 1.807) is 0 Å². The summed E-state index contributed by atoms with van der Waals surface area (Å²) in [5.41, 5.74) is 2.34. The summed E-state index contributed by atoms with van der Waals surface area (Å²) in [6, 6.07) is 4.15. The van der Waals surface area contributed by atoms with Crippen molar-refractivity contribution in [1.82, 2.24) is 9.38 Å². The number of hydrogen-bond acceptors (Lipinski definition) is 1. The van der Waals surface area contributed by atoms with Gasteiger partial charge in [-0.1, -0.05) is 20.8 Å². The van der Waals surface area contributed by atoms with Crippen molar-refractivity contribution in [2.24, 2.45) is 0 Å².